The third-order valence-electron chi connectivity index (χ3n) is 4.60. The van der Waals surface area contributed by atoms with Gasteiger partial charge in [0.15, 0.2) is 0 Å². The van der Waals surface area contributed by atoms with Crippen molar-refractivity contribution in [1.29, 1.82) is 0 Å². The van der Waals surface area contributed by atoms with Gasteiger partial charge < -0.3 is 14.2 Å². The minimum Gasteiger partial charge on any atom is -0.497 e. The minimum absolute atomic E-state index is 0.303. The van der Waals surface area contributed by atoms with Crippen LogP contribution in [0.3, 0.4) is 0 Å². The van der Waals surface area contributed by atoms with E-state index in [4.69, 9.17) is 14.2 Å². The minimum atomic E-state index is -0.477. The van der Waals surface area contributed by atoms with Gasteiger partial charge in [-0.1, -0.05) is 12.1 Å². The first-order valence-corrected chi connectivity index (χ1v) is 8.14. The highest BCUT2D eigenvalue weighted by Crippen LogP contribution is 2.41. The number of carbonyl (C=O) groups excluding carboxylic acids is 1. The molecular formula is C20H22O4. The highest BCUT2D eigenvalue weighted by atomic mass is 16.5. The van der Waals surface area contributed by atoms with Crippen LogP contribution in [-0.4, -0.2) is 20.0 Å². The molecule has 0 N–H and O–H groups in total. The molecule has 0 spiro atoms. The Labute approximate surface area is 142 Å². The molecule has 0 atom stereocenters. The standard InChI is InChI=1S/C20H22O4/c1-22-17-5-3-15(4-6-17)20(13-11-16(21)12-14-20)24-19-9-7-18(23-2)8-10-19/h3-10H,11-14H2,1-2H3. The molecule has 0 saturated heterocycles. The lowest BCUT2D eigenvalue weighted by Crippen LogP contribution is -2.37. The lowest BCUT2D eigenvalue weighted by molar-refractivity contribution is -0.124. The van der Waals surface area contributed by atoms with Gasteiger partial charge in [0.1, 0.15) is 28.6 Å². The Balaban J connectivity index is 1.90. The third-order valence-corrected chi connectivity index (χ3v) is 4.60. The van der Waals surface area contributed by atoms with E-state index in [0.717, 1.165) is 22.8 Å². The molecule has 126 valence electrons. The fraction of sp³-hybridized carbons (Fsp3) is 0.350. The van der Waals surface area contributed by atoms with E-state index in [1.807, 2.05) is 48.5 Å². The van der Waals surface area contributed by atoms with Gasteiger partial charge in [-0.3, -0.25) is 4.79 Å². The Morgan fingerprint density at radius 1 is 0.750 bits per heavy atom. The predicted octanol–water partition coefficient (Wildman–Crippen LogP) is 4.12. The molecule has 4 heteroatoms. The van der Waals surface area contributed by atoms with Crippen LogP contribution < -0.4 is 14.2 Å². The zero-order valence-electron chi connectivity index (χ0n) is 14.1. The highest BCUT2D eigenvalue weighted by Gasteiger charge is 2.38. The number of hydrogen-bond donors (Lipinski definition) is 0. The van der Waals surface area contributed by atoms with Crippen LogP contribution in [0.2, 0.25) is 0 Å². The van der Waals surface area contributed by atoms with Gasteiger partial charge in [-0.25, -0.2) is 0 Å². The maximum absolute atomic E-state index is 11.7. The van der Waals surface area contributed by atoms with Crippen molar-refractivity contribution in [2.24, 2.45) is 0 Å². The van der Waals surface area contributed by atoms with Gasteiger partial charge in [-0.05, 0) is 54.8 Å². The van der Waals surface area contributed by atoms with E-state index in [9.17, 15) is 4.79 Å². The Bertz CT molecular complexity index is 679. The van der Waals surface area contributed by atoms with Crippen LogP contribution in [0.1, 0.15) is 31.2 Å². The van der Waals surface area contributed by atoms with Crippen LogP contribution in [-0.2, 0) is 10.4 Å². The summed E-state index contributed by atoms with van der Waals surface area (Å²) in [6.45, 7) is 0. The number of methoxy groups -OCH3 is 2. The molecule has 0 amide bonds. The second-order valence-electron chi connectivity index (χ2n) is 6.04. The quantitative estimate of drug-likeness (QED) is 0.829. The first kappa shape index (κ1) is 16.4. The van der Waals surface area contributed by atoms with Gasteiger partial charge in [0.05, 0.1) is 14.2 Å². The lowest BCUT2D eigenvalue weighted by Gasteiger charge is -2.37. The monoisotopic (exact) mass is 326 g/mol. The van der Waals surface area contributed by atoms with Crippen LogP contribution in [0.5, 0.6) is 17.2 Å². The summed E-state index contributed by atoms with van der Waals surface area (Å²) in [6.07, 6.45) is 2.46. The van der Waals surface area contributed by atoms with E-state index in [1.54, 1.807) is 14.2 Å². The molecule has 0 bridgehead atoms. The van der Waals surface area contributed by atoms with Crippen LogP contribution in [0.25, 0.3) is 0 Å². The Morgan fingerprint density at radius 3 is 1.71 bits per heavy atom. The van der Waals surface area contributed by atoms with Gasteiger partial charge in [-0.15, -0.1) is 0 Å². The van der Waals surface area contributed by atoms with Crippen molar-refractivity contribution < 1.29 is 19.0 Å². The number of rotatable bonds is 5. The molecule has 1 aliphatic rings. The van der Waals surface area contributed by atoms with E-state index < -0.39 is 5.60 Å². The predicted molar refractivity (Wildman–Crippen MR) is 91.8 cm³/mol. The van der Waals surface area contributed by atoms with Crippen molar-refractivity contribution in [3.05, 3.63) is 54.1 Å². The number of benzene rings is 2. The molecular weight excluding hydrogens is 304 g/mol. The molecule has 3 rings (SSSR count). The molecule has 1 aliphatic carbocycles. The largest absolute Gasteiger partial charge is 0.497 e. The van der Waals surface area contributed by atoms with Crippen molar-refractivity contribution in [3.8, 4) is 17.2 Å². The number of hydrogen-bond acceptors (Lipinski definition) is 4. The number of ketones is 1. The average molecular weight is 326 g/mol. The molecule has 1 saturated carbocycles. The van der Waals surface area contributed by atoms with Crippen LogP contribution in [0, 0.1) is 0 Å². The third kappa shape index (κ3) is 3.37. The van der Waals surface area contributed by atoms with Gasteiger partial charge >= 0.3 is 0 Å². The van der Waals surface area contributed by atoms with Crippen molar-refractivity contribution >= 4 is 5.78 Å². The van der Waals surface area contributed by atoms with Crippen LogP contribution in [0.15, 0.2) is 48.5 Å². The van der Waals surface area contributed by atoms with Crippen molar-refractivity contribution in [3.63, 3.8) is 0 Å². The van der Waals surface area contributed by atoms with Gasteiger partial charge in [0.2, 0.25) is 0 Å². The van der Waals surface area contributed by atoms with E-state index in [1.165, 1.54) is 0 Å². The fourth-order valence-electron chi connectivity index (χ4n) is 3.15. The summed E-state index contributed by atoms with van der Waals surface area (Å²) >= 11 is 0. The fourth-order valence-corrected chi connectivity index (χ4v) is 3.15. The van der Waals surface area contributed by atoms with E-state index in [-0.39, 0.29) is 0 Å². The average Bonchev–Trinajstić information content (AvgIpc) is 2.64. The molecule has 0 radical (unpaired) electrons. The molecule has 0 aliphatic heterocycles. The number of ether oxygens (including phenoxy) is 3. The normalized spacial score (nSPS) is 16.5. The van der Waals surface area contributed by atoms with Crippen LogP contribution >= 0.6 is 0 Å². The lowest BCUT2D eigenvalue weighted by atomic mass is 9.79. The zero-order valence-corrected chi connectivity index (χ0v) is 14.1. The molecule has 0 aromatic heterocycles. The molecule has 1 fully saturated rings. The Kier molecular flexibility index (Phi) is 4.74. The first-order valence-electron chi connectivity index (χ1n) is 8.14. The SMILES string of the molecule is COc1ccc(OC2(c3ccc(OC)cc3)CCC(=O)CC2)cc1. The molecule has 2 aromatic carbocycles. The molecule has 0 unspecified atom stereocenters. The number of carbonyl (C=O) groups is 1. The topological polar surface area (TPSA) is 44.8 Å². The highest BCUT2D eigenvalue weighted by molar-refractivity contribution is 5.79. The molecule has 24 heavy (non-hydrogen) atoms. The van der Waals surface area contributed by atoms with Crippen LogP contribution in [0.4, 0.5) is 0 Å². The zero-order chi connectivity index (χ0) is 17.0. The number of Topliss-reactive ketones (excluding diaryl/α,β-unsaturated/α-hetero) is 1. The second kappa shape index (κ2) is 6.95. The van der Waals surface area contributed by atoms with Gasteiger partial charge in [-0.2, -0.15) is 0 Å². The summed E-state index contributed by atoms with van der Waals surface area (Å²) in [4.78, 5) is 11.7. The maximum Gasteiger partial charge on any atom is 0.135 e. The summed E-state index contributed by atoms with van der Waals surface area (Å²) in [5.41, 5.74) is 0.598. The first-order chi connectivity index (χ1) is 11.6. The molecule has 0 heterocycles. The van der Waals surface area contributed by atoms with Crippen molar-refractivity contribution in [2.75, 3.05) is 14.2 Å². The van der Waals surface area contributed by atoms with E-state index in [0.29, 0.717) is 31.5 Å². The Hall–Kier alpha value is -2.49. The van der Waals surface area contributed by atoms with Gasteiger partial charge in [0.25, 0.3) is 0 Å². The maximum atomic E-state index is 11.7. The summed E-state index contributed by atoms with van der Waals surface area (Å²) in [5.74, 6) is 2.68. The summed E-state index contributed by atoms with van der Waals surface area (Å²) in [7, 11) is 3.29. The smallest absolute Gasteiger partial charge is 0.135 e. The summed E-state index contributed by atoms with van der Waals surface area (Å²) in [6, 6.07) is 15.5. The Morgan fingerprint density at radius 2 is 1.21 bits per heavy atom. The second-order valence-corrected chi connectivity index (χ2v) is 6.04. The summed E-state index contributed by atoms with van der Waals surface area (Å²) in [5, 5.41) is 0. The van der Waals surface area contributed by atoms with E-state index >= 15 is 0 Å². The van der Waals surface area contributed by atoms with E-state index in [2.05, 4.69) is 0 Å². The van der Waals surface area contributed by atoms with Crippen molar-refractivity contribution in [2.45, 2.75) is 31.3 Å². The summed E-state index contributed by atoms with van der Waals surface area (Å²) < 4.78 is 16.8. The van der Waals surface area contributed by atoms with Gasteiger partial charge in [0, 0.05) is 12.8 Å². The molecule has 2 aromatic rings. The molecule has 4 nitrogen and oxygen atoms in total. The van der Waals surface area contributed by atoms with Crippen molar-refractivity contribution in [1.82, 2.24) is 0 Å².